The van der Waals surface area contributed by atoms with Gasteiger partial charge in [0.1, 0.15) is 0 Å². The van der Waals surface area contributed by atoms with Crippen molar-refractivity contribution in [2.24, 2.45) is 5.92 Å². The van der Waals surface area contributed by atoms with Gasteiger partial charge in [-0.25, -0.2) is 0 Å². The molecule has 0 saturated carbocycles. The van der Waals surface area contributed by atoms with Crippen molar-refractivity contribution < 1.29 is 14.3 Å². The van der Waals surface area contributed by atoms with Crippen molar-refractivity contribution >= 4 is 17.4 Å². The number of ketones is 1. The normalized spacial score (nSPS) is 18.4. The van der Waals surface area contributed by atoms with Crippen LogP contribution in [0.3, 0.4) is 0 Å². The zero-order valence-electron chi connectivity index (χ0n) is 12.3. The predicted molar refractivity (Wildman–Crippen MR) is 80.2 cm³/mol. The monoisotopic (exact) mass is 296 g/mol. The molecule has 1 unspecified atom stereocenters. The number of carbonyl (C=O) groups excluding carboxylic acids is 1. The molecule has 20 heavy (non-hydrogen) atoms. The molecule has 0 saturated heterocycles. The van der Waals surface area contributed by atoms with Gasteiger partial charge in [0.25, 0.3) is 0 Å². The van der Waals surface area contributed by atoms with E-state index in [1.54, 1.807) is 6.07 Å². The van der Waals surface area contributed by atoms with Gasteiger partial charge in [-0.1, -0.05) is 18.5 Å². The van der Waals surface area contributed by atoms with E-state index in [1.807, 2.05) is 13.8 Å². The highest BCUT2D eigenvalue weighted by molar-refractivity contribution is 6.32. The maximum atomic E-state index is 12.5. The van der Waals surface area contributed by atoms with Gasteiger partial charge < -0.3 is 9.47 Å². The first-order valence-corrected chi connectivity index (χ1v) is 7.60. The lowest BCUT2D eigenvalue weighted by molar-refractivity contribution is 0.0962. The average molecular weight is 297 g/mol. The van der Waals surface area contributed by atoms with Crippen LogP contribution in [0.4, 0.5) is 0 Å². The highest BCUT2D eigenvalue weighted by Gasteiger charge is 2.28. The smallest absolute Gasteiger partial charge is 0.172 e. The minimum atomic E-state index is 0.108. The molecule has 1 aromatic rings. The van der Waals surface area contributed by atoms with E-state index in [9.17, 15) is 4.79 Å². The summed E-state index contributed by atoms with van der Waals surface area (Å²) in [5, 5.41) is 0.606. The van der Waals surface area contributed by atoms with Gasteiger partial charge in [-0.15, -0.1) is 0 Å². The van der Waals surface area contributed by atoms with Crippen molar-refractivity contribution in [2.45, 2.75) is 40.0 Å². The Kier molecular flexibility index (Phi) is 4.92. The van der Waals surface area contributed by atoms with Gasteiger partial charge in [0, 0.05) is 17.5 Å². The Morgan fingerprint density at radius 2 is 2.00 bits per heavy atom. The van der Waals surface area contributed by atoms with Crippen LogP contribution in [0.1, 0.15) is 49.5 Å². The maximum absolute atomic E-state index is 12.5. The predicted octanol–water partition coefficient (Wildman–Crippen LogP) is 4.29. The van der Waals surface area contributed by atoms with E-state index in [4.69, 9.17) is 21.1 Å². The summed E-state index contributed by atoms with van der Waals surface area (Å²) in [5.41, 5.74) is 1.54. The number of halogens is 1. The van der Waals surface area contributed by atoms with Crippen LogP contribution >= 0.6 is 11.6 Å². The van der Waals surface area contributed by atoms with E-state index >= 15 is 0 Å². The molecule has 1 atom stereocenters. The largest absolute Gasteiger partial charge is 0.490 e. The molecule has 0 fully saturated rings. The number of ether oxygens (including phenoxy) is 2. The first-order valence-electron chi connectivity index (χ1n) is 7.22. The second-order valence-corrected chi connectivity index (χ2v) is 5.58. The summed E-state index contributed by atoms with van der Waals surface area (Å²) in [4.78, 5) is 12.5. The quantitative estimate of drug-likeness (QED) is 0.777. The fraction of sp³-hybridized carbons (Fsp3) is 0.562. The molecule has 2 rings (SSSR count). The lowest BCUT2D eigenvalue weighted by Crippen LogP contribution is -2.09. The molecule has 1 aliphatic rings. The van der Waals surface area contributed by atoms with Crippen LogP contribution in [0.2, 0.25) is 5.02 Å². The fourth-order valence-corrected chi connectivity index (χ4v) is 2.94. The van der Waals surface area contributed by atoms with Crippen LogP contribution in [0, 0.1) is 5.92 Å². The number of Topliss-reactive ketones (excluding diaryl/α,β-unsaturated/α-hetero) is 1. The molecule has 0 aliphatic heterocycles. The topological polar surface area (TPSA) is 35.5 Å². The van der Waals surface area contributed by atoms with Crippen LogP contribution in [-0.2, 0) is 6.42 Å². The fourth-order valence-electron chi connectivity index (χ4n) is 2.65. The molecule has 0 bridgehead atoms. The summed E-state index contributed by atoms with van der Waals surface area (Å²) in [6.07, 6.45) is 2.32. The summed E-state index contributed by atoms with van der Waals surface area (Å²) >= 11 is 6.35. The standard InChI is InChI=1S/C16H21ClO3/c1-4-19-14-9-12(17)11-7-6-10(3)8-13(18)15(11)16(14)20-5-2/h9-10H,4-8H2,1-3H3. The molecule has 0 aromatic heterocycles. The molecule has 0 heterocycles. The summed E-state index contributed by atoms with van der Waals surface area (Å²) < 4.78 is 11.3. The van der Waals surface area contributed by atoms with Crippen molar-refractivity contribution in [1.82, 2.24) is 0 Å². The zero-order chi connectivity index (χ0) is 14.7. The molecule has 0 spiro atoms. The van der Waals surface area contributed by atoms with Gasteiger partial charge in [0.05, 0.1) is 18.8 Å². The highest BCUT2D eigenvalue weighted by Crippen LogP contribution is 2.42. The average Bonchev–Trinajstić information content (AvgIpc) is 2.54. The lowest BCUT2D eigenvalue weighted by Gasteiger charge is -2.18. The SMILES string of the molecule is CCOc1cc(Cl)c2c(c1OCC)C(=O)CC(C)CC2. The minimum absolute atomic E-state index is 0.108. The molecule has 0 N–H and O–H groups in total. The molecule has 110 valence electrons. The minimum Gasteiger partial charge on any atom is -0.490 e. The number of fused-ring (bicyclic) bond motifs is 1. The first kappa shape index (κ1) is 15.2. The summed E-state index contributed by atoms with van der Waals surface area (Å²) in [7, 11) is 0. The number of carbonyl (C=O) groups is 1. The van der Waals surface area contributed by atoms with Gasteiger partial charge in [-0.3, -0.25) is 4.79 Å². The molecule has 3 nitrogen and oxygen atoms in total. The number of hydrogen-bond donors (Lipinski definition) is 0. The van der Waals surface area contributed by atoms with E-state index in [0.717, 1.165) is 18.4 Å². The van der Waals surface area contributed by atoms with Crippen LogP contribution in [0.5, 0.6) is 11.5 Å². The van der Waals surface area contributed by atoms with E-state index in [0.29, 0.717) is 47.6 Å². The van der Waals surface area contributed by atoms with E-state index in [2.05, 4.69) is 6.92 Å². The summed E-state index contributed by atoms with van der Waals surface area (Å²) in [6, 6.07) is 1.78. The van der Waals surface area contributed by atoms with Crippen LogP contribution in [0.25, 0.3) is 0 Å². The second-order valence-electron chi connectivity index (χ2n) is 5.18. The third kappa shape index (κ3) is 2.93. The molecule has 0 radical (unpaired) electrons. The Bertz CT molecular complexity index is 511. The van der Waals surface area contributed by atoms with Crippen LogP contribution in [-0.4, -0.2) is 19.0 Å². The maximum Gasteiger partial charge on any atom is 0.172 e. The lowest BCUT2D eigenvalue weighted by atomic mass is 9.99. The number of hydrogen-bond acceptors (Lipinski definition) is 3. The Morgan fingerprint density at radius 1 is 1.30 bits per heavy atom. The Balaban J connectivity index is 2.60. The van der Waals surface area contributed by atoms with Crippen molar-refractivity contribution in [3.05, 3.63) is 22.2 Å². The Hall–Kier alpha value is -1.22. The highest BCUT2D eigenvalue weighted by atomic mass is 35.5. The Morgan fingerprint density at radius 3 is 2.65 bits per heavy atom. The van der Waals surface area contributed by atoms with Gasteiger partial charge in [-0.2, -0.15) is 0 Å². The molecule has 1 aromatic carbocycles. The molecule has 0 amide bonds. The molecular weight excluding hydrogens is 276 g/mol. The zero-order valence-corrected chi connectivity index (χ0v) is 13.0. The van der Waals surface area contributed by atoms with Crippen LogP contribution < -0.4 is 9.47 Å². The second kappa shape index (κ2) is 6.49. The summed E-state index contributed by atoms with van der Waals surface area (Å²) in [6.45, 7) is 6.91. The third-order valence-electron chi connectivity index (χ3n) is 3.59. The van der Waals surface area contributed by atoms with E-state index in [-0.39, 0.29) is 5.78 Å². The Labute approximate surface area is 125 Å². The van der Waals surface area contributed by atoms with Gasteiger partial charge in [0.2, 0.25) is 0 Å². The van der Waals surface area contributed by atoms with Crippen molar-refractivity contribution in [2.75, 3.05) is 13.2 Å². The molecule has 1 aliphatic carbocycles. The number of rotatable bonds is 4. The van der Waals surface area contributed by atoms with Gasteiger partial charge >= 0.3 is 0 Å². The van der Waals surface area contributed by atoms with E-state index in [1.165, 1.54) is 0 Å². The summed E-state index contributed by atoms with van der Waals surface area (Å²) in [5.74, 6) is 1.61. The first-order chi connectivity index (χ1) is 9.58. The van der Waals surface area contributed by atoms with Gasteiger partial charge in [0.15, 0.2) is 17.3 Å². The molecular formula is C16H21ClO3. The van der Waals surface area contributed by atoms with Crippen LogP contribution in [0.15, 0.2) is 6.07 Å². The van der Waals surface area contributed by atoms with Crippen molar-refractivity contribution in [3.8, 4) is 11.5 Å². The van der Waals surface area contributed by atoms with Crippen molar-refractivity contribution in [3.63, 3.8) is 0 Å². The number of benzene rings is 1. The van der Waals surface area contributed by atoms with E-state index < -0.39 is 0 Å². The van der Waals surface area contributed by atoms with Gasteiger partial charge in [-0.05, 0) is 38.2 Å². The molecule has 4 heteroatoms. The van der Waals surface area contributed by atoms with Crippen molar-refractivity contribution in [1.29, 1.82) is 0 Å². The third-order valence-corrected chi connectivity index (χ3v) is 3.92.